The topological polar surface area (TPSA) is 152 Å². The Hall–Kier alpha value is -4.35. The molecule has 4 aromatic rings. The first-order valence-electron chi connectivity index (χ1n) is 9.68. The number of ether oxygens (including phenoxy) is 1. The summed E-state index contributed by atoms with van der Waals surface area (Å²) < 4.78 is 7.51. The van der Waals surface area contributed by atoms with Crippen LogP contribution in [0.4, 0.5) is 5.95 Å². The third-order valence-corrected chi connectivity index (χ3v) is 5.02. The zero-order valence-corrected chi connectivity index (χ0v) is 16.0. The van der Waals surface area contributed by atoms with Gasteiger partial charge in [0.25, 0.3) is 5.91 Å². The number of nitrogens with one attached hydrogen (secondary N) is 3. The number of benzene rings is 1. The summed E-state index contributed by atoms with van der Waals surface area (Å²) in [5.74, 6) is 0.187. The molecule has 1 aliphatic carbocycles. The van der Waals surface area contributed by atoms with Gasteiger partial charge in [0.05, 0.1) is 12.6 Å². The van der Waals surface area contributed by atoms with E-state index >= 15 is 0 Å². The van der Waals surface area contributed by atoms with Crippen LogP contribution < -0.4 is 15.4 Å². The molecule has 12 nitrogen and oxygen atoms in total. The molecule has 31 heavy (non-hydrogen) atoms. The summed E-state index contributed by atoms with van der Waals surface area (Å²) in [5.41, 5.74) is 2.58. The van der Waals surface area contributed by atoms with Crippen LogP contribution in [0.3, 0.4) is 0 Å². The van der Waals surface area contributed by atoms with Gasteiger partial charge in [-0.25, -0.2) is 0 Å². The molecular weight excluding hydrogens is 402 g/mol. The Balaban J connectivity index is 1.45. The van der Waals surface area contributed by atoms with Crippen molar-refractivity contribution in [3.63, 3.8) is 0 Å². The van der Waals surface area contributed by atoms with Crippen LogP contribution in [0, 0.1) is 0 Å². The van der Waals surface area contributed by atoms with Gasteiger partial charge in [0.2, 0.25) is 11.9 Å². The van der Waals surface area contributed by atoms with Crippen molar-refractivity contribution >= 4 is 40.5 Å². The Morgan fingerprint density at radius 1 is 1.19 bits per heavy atom. The van der Waals surface area contributed by atoms with Gasteiger partial charge < -0.3 is 10.1 Å². The molecule has 0 unspecified atom stereocenters. The van der Waals surface area contributed by atoms with E-state index in [-0.39, 0.29) is 18.3 Å². The molecule has 3 N–H and O–H groups in total. The predicted molar refractivity (Wildman–Crippen MR) is 107 cm³/mol. The molecule has 1 saturated heterocycles. The molecule has 0 spiro atoms. The maximum Gasteiger partial charge on any atom is 0.327 e. The molecule has 6 rings (SSSR count). The smallest absolute Gasteiger partial charge is 0.327 e. The maximum atomic E-state index is 12.0. The summed E-state index contributed by atoms with van der Waals surface area (Å²) >= 11 is 0. The van der Waals surface area contributed by atoms with Gasteiger partial charge in [-0.2, -0.15) is 35.0 Å². The molecule has 1 saturated carbocycles. The normalized spacial score (nSPS) is 17.6. The summed E-state index contributed by atoms with van der Waals surface area (Å²) in [6, 6.07) is 5.77. The Morgan fingerprint density at radius 2 is 2.10 bits per heavy atom. The summed E-state index contributed by atoms with van der Waals surface area (Å²) in [4.78, 5) is 32.5. The minimum absolute atomic E-state index is 0.0198. The van der Waals surface area contributed by atoms with Crippen molar-refractivity contribution in [1.29, 1.82) is 0 Å². The molecule has 12 heteroatoms. The highest BCUT2D eigenvalue weighted by Crippen LogP contribution is 2.29. The third-order valence-electron chi connectivity index (χ3n) is 5.02. The average Bonchev–Trinajstić information content (AvgIpc) is 3.13. The molecule has 1 aliphatic heterocycles. The number of aromatic nitrogens is 7. The number of amides is 2. The number of fused-ring (bicyclic) bond motifs is 2. The van der Waals surface area contributed by atoms with Crippen LogP contribution in [0.5, 0.6) is 11.8 Å². The lowest BCUT2D eigenvalue weighted by molar-refractivity contribution is -0.124. The number of carbonyl (C=O) groups is 2. The molecule has 0 atom stereocenters. The van der Waals surface area contributed by atoms with Crippen LogP contribution in [0.2, 0.25) is 0 Å². The van der Waals surface area contributed by atoms with Crippen LogP contribution in [0.1, 0.15) is 24.8 Å². The van der Waals surface area contributed by atoms with E-state index in [9.17, 15) is 9.59 Å². The Kier molecular flexibility index (Phi) is 3.72. The van der Waals surface area contributed by atoms with E-state index in [1.54, 1.807) is 28.9 Å². The average molecular weight is 417 g/mol. The minimum atomic E-state index is -0.413. The molecule has 0 radical (unpaired) electrons. The minimum Gasteiger partial charge on any atom is -0.422 e. The third kappa shape index (κ3) is 3.13. The van der Waals surface area contributed by atoms with Crippen molar-refractivity contribution in [2.24, 2.45) is 0 Å². The van der Waals surface area contributed by atoms with E-state index in [1.807, 2.05) is 6.07 Å². The molecule has 0 bridgehead atoms. The van der Waals surface area contributed by atoms with Gasteiger partial charge in [-0.15, -0.1) is 0 Å². The molecule has 3 aromatic heterocycles. The van der Waals surface area contributed by atoms with Crippen LogP contribution in [0.15, 0.2) is 30.0 Å². The highest BCUT2D eigenvalue weighted by molar-refractivity contribution is 6.15. The second-order valence-corrected chi connectivity index (χ2v) is 7.36. The number of carbonyl (C=O) groups excluding carboxylic acids is 2. The Labute approximate surface area is 173 Å². The first kappa shape index (κ1) is 17.5. The van der Waals surface area contributed by atoms with Crippen molar-refractivity contribution in [2.45, 2.75) is 25.3 Å². The number of rotatable bonds is 5. The molecule has 4 heterocycles. The molecule has 154 valence electrons. The van der Waals surface area contributed by atoms with Crippen molar-refractivity contribution in [3.8, 4) is 11.8 Å². The van der Waals surface area contributed by atoms with Crippen LogP contribution >= 0.6 is 0 Å². The number of imide groups is 1. The SMILES string of the molecule is O=C1C/C(=C\c2cnn3c(NC4CC4)nc(Oc4cccc5n[nH]nc45)nc23)C(=O)N1. The molecule has 2 amide bonds. The summed E-state index contributed by atoms with van der Waals surface area (Å²) in [7, 11) is 0. The lowest BCUT2D eigenvalue weighted by Gasteiger charge is -2.09. The van der Waals surface area contributed by atoms with Gasteiger partial charge in [0.1, 0.15) is 5.52 Å². The van der Waals surface area contributed by atoms with E-state index < -0.39 is 5.91 Å². The monoisotopic (exact) mass is 417 g/mol. The van der Waals surface area contributed by atoms with Crippen LogP contribution in [-0.2, 0) is 9.59 Å². The van der Waals surface area contributed by atoms with E-state index in [1.165, 1.54) is 0 Å². The van der Waals surface area contributed by atoms with Crippen molar-refractivity contribution in [2.75, 3.05) is 5.32 Å². The first-order valence-corrected chi connectivity index (χ1v) is 9.68. The Morgan fingerprint density at radius 3 is 2.90 bits per heavy atom. The fourth-order valence-electron chi connectivity index (χ4n) is 3.36. The number of anilines is 1. The molecule has 2 aliphatic rings. The van der Waals surface area contributed by atoms with Crippen molar-refractivity contribution < 1.29 is 14.3 Å². The molecular formula is C19H15N9O3. The fraction of sp³-hybridized carbons (Fsp3) is 0.211. The van der Waals surface area contributed by atoms with Crippen molar-refractivity contribution in [1.82, 2.24) is 40.3 Å². The quantitative estimate of drug-likeness (QED) is 0.321. The van der Waals surface area contributed by atoms with E-state index in [0.717, 1.165) is 12.8 Å². The number of aromatic amines is 1. The lowest BCUT2D eigenvalue weighted by Crippen LogP contribution is -2.19. The van der Waals surface area contributed by atoms with Crippen LogP contribution in [0.25, 0.3) is 22.8 Å². The van der Waals surface area contributed by atoms with Crippen LogP contribution in [-0.4, -0.2) is 52.8 Å². The number of hydrogen-bond acceptors (Lipinski definition) is 9. The van der Waals surface area contributed by atoms with Crippen molar-refractivity contribution in [3.05, 3.63) is 35.5 Å². The number of para-hydroxylation sites is 1. The van der Waals surface area contributed by atoms with Gasteiger partial charge >= 0.3 is 6.01 Å². The van der Waals surface area contributed by atoms with Gasteiger partial charge in [0.15, 0.2) is 16.9 Å². The molecule has 1 aromatic carbocycles. The second kappa shape index (κ2) is 6.58. The first-order chi connectivity index (χ1) is 15.1. The summed E-state index contributed by atoms with van der Waals surface area (Å²) in [6.45, 7) is 0. The number of hydrogen-bond donors (Lipinski definition) is 3. The summed E-state index contributed by atoms with van der Waals surface area (Å²) in [6.07, 6.45) is 5.29. The van der Waals surface area contributed by atoms with E-state index in [2.05, 4.69) is 41.1 Å². The van der Waals surface area contributed by atoms with Gasteiger partial charge in [-0.1, -0.05) is 6.07 Å². The summed E-state index contributed by atoms with van der Waals surface area (Å²) in [5, 5.41) is 20.7. The number of H-pyrrole nitrogens is 1. The van der Waals surface area contributed by atoms with Gasteiger partial charge in [-0.05, 0) is 31.1 Å². The predicted octanol–water partition coefficient (Wildman–Crippen LogP) is 1.19. The Bertz CT molecular complexity index is 1400. The fourth-order valence-corrected chi connectivity index (χ4v) is 3.36. The zero-order chi connectivity index (χ0) is 20.9. The highest BCUT2D eigenvalue weighted by atomic mass is 16.5. The van der Waals surface area contributed by atoms with Gasteiger partial charge in [0, 0.05) is 17.2 Å². The maximum absolute atomic E-state index is 12.0. The second-order valence-electron chi connectivity index (χ2n) is 7.36. The highest BCUT2D eigenvalue weighted by Gasteiger charge is 2.26. The van der Waals surface area contributed by atoms with Gasteiger partial charge in [-0.3, -0.25) is 14.9 Å². The largest absolute Gasteiger partial charge is 0.422 e. The van der Waals surface area contributed by atoms with E-state index in [0.29, 0.717) is 45.6 Å². The molecule has 2 fully saturated rings. The lowest BCUT2D eigenvalue weighted by atomic mass is 10.1. The number of nitrogens with zero attached hydrogens (tertiary/aromatic N) is 6. The van der Waals surface area contributed by atoms with E-state index in [4.69, 9.17) is 4.74 Å². The standard InChI is InChI=1S/C19H15N9O3/c29-14-7-9(17(30)22-14)6-10-8-20-28-16(10)23-19(24-18(28)21-11-4-5-11)31-13-3-1-2-12-15(13)26-27-25-12/h1-3,6,8,11H,4-5,7H2,(H,21,23,24)(H,22,29,30)(H,25,26,27)/b9-6+. The zero-order valence-electron chi connectivity index (χ0n) is 16.0.